The lowest BCUT2D eigenvalue weighted by Gasteiger charge is -2.35. The van der Waals surface area contributed by atoms with Gasteiger partial charge in [0.25, 0.3) is 0 Å². The van der Waals surface area contributed by atoms with Gasteiger partial charge in [-0.3, -0.25) is 0 Å². The van der Waals surface area contributed by atoms with Crippen LogP contribution in [0.2, 0.25) is 0 Å². The Hall–Kier alpha value is -0.770. The van der Waals surface area contributed by atoms with Crippen LogP contribution in [0, 0.1) is 11.3 Å². The summed E-state index contributed by atoms with van der Waals surface area (Å²) in [4.78, 5) is 14.2. The Labute approximate surface area is 117 Å². The van der Waals surface area contributed by atoms with Crippen LogP contribution in [0.15, 0.2) is 0 Å². The first-order valence-corrected chi connectivity index (χ1v) is 7.50. The molecule has 0 spiro atoms. The maximum absolute atomic E-state index is 12.3. The van der Waals surface area contributed by atoms with Gasteiger partial charge in [0.05, 0.1) is 0 Å². The first-order valence-electron chi connectivity index (χ1n) is 7.50. The van der Waals surface area contributed by atoms with E-state index in [0.717, 1.165) is 6.54 Å². The van der Waals surface area contributed by atoms with E-state index < -0.39 is 0 Å². The van der Waals surface area contributed by atoms with E-state index >= 15 is 0 Å². The fourth-order valence-electron chi connectivity index (χ4n) is 2.43. The molecule has 0 bridgehead atoms. The summed E-state index contributed by atoms with van der Waals surface area (Å²) < 4.78 is 0. The number of aliphatic hydroxyl groups is 1. The molecular weight excluding hydrogens is 240 g/mol. The zero-order valence-corrected chi connectivity index (χ0v) is 12.9. The molecule has 2 N–H and O–H groups in total. The van der Waals surface area contributed by atoms with E-state index in [1.54, 1.807) is 0 Å². The molecule has 1 aliphatic carbocycles. The Balaban J connectivity index is 2.49. The largest absolute Gasteiger partial charge is 0.396 e. The molecule has 0 aromatic rings. The highest BCUT2D eigenvalue weighted by Crippen LogP contribution is 2.29. The molecular formula is C15H30N2O2. The minimum absolute atomic E-state index is 0.0165. The van der Waals surface area contributed by atoms with Crippen LogP contribution in [-0.2, 0) is 0 Å². The summed E-state index contributed by atoms with van der Waals surface area (Å²) >= 11 is 0. The van der Waals surface area contributed by atoms with E-state index in [0.29, 0.717) is 18.9 Å². The summed E-state index contributed by atoms with van der Waals surface area (Å²) in [5.41, 5.74) is 0.0759. The Morgan fingerprint density at radius 2 is 2.05 bits per heavy atom. The van der Waals surface area contributed by atoms with Gasteiger partial charge < -0.3 is 15.3 Å². The van der Waals surface area contributed by atoms with E-state index in [4.69, 9.17) is 5.11 Å². The number of nitrogens with one attached hydrogen (secondary N) is 1. The van der Waals surface area contributed by atoms with Gasteiger partial charge >= 0.3 is 6.03 Å². The molecule has 1 unspecified atom stereocenters. The van der Waals surface area contributed by atoms with Crippen molar-refractivity contribution in [1.82, 2.24) is 10.2 Å². The molecule has 19 heavy (non-hydrogen) atoms. The SMILES string of the molecule is CC(NC(=O)N(CCCO)CC(C)(C)C)C1CCC1. The van der Waals surface area contributed by atoms with Crippen LogP contribution < -0.4 is 5.32 Å². The average molecular weight is 270 g/mol. The first kappa shape index (κ1) is 16.3. The molecule has 1 atom stereocenters. The molecule has 0 heterocycles. The third-order valence-electron chi connectivity index (χ3n) is 3.75. The van der Waals surface area contributed by atoms with Crippen molar-refractivity contribution in [2.75, 3.05) is 19.7 Å². The van der Waals surface area contributed by atoms with Crippen LogP contribution >= 0.6 is 0 Å². The van der Waals surface area contributed by atoms with E-state index in [-0.39, 0.29) is 24.1 Å². The van der Waals surface area contributed by atoms with Crippen molar-refractivity contribution in [3.8, 4) is 0 Å². The minimum Gasteiger partial charge on any atom is -0.396 e. The Morgan fingerprint density at radius 3 is 2.47 bits per heavy atom. The number of hydrogen-bond acceptors (Lipinski definition) is 2. The van der Waals surface area contributed by atoms with Crippen LogP contribution in [0.4, 0.5) is 4.79 Å². The highest BCUT2D eigenvalue weighted by atomic mass is 16.3. The quantitative estimate of drug-likeness (QED) is 0.779. The van der Waals surface area contributed by atoms with Gasteiger partial charge in [-0.2, -0.15) is 0 Å². The molecule has 4 heteroatoms. The number of urea groups is 1. The summed E-state index contributed by atoms with van der Waals surface area (Å²) in [6, 6.07) is 0.278. The zero-order chi connectivity index (χ0) is 14.5. The van der Waals surface area contributed by atoms with Gasteiger partial charge in [-0.1, -0.05) is 27.2 Å². The summed E-state index contributed by atoms with van der Waals surface area (Å²) in [6.07, 6.45) is 4.40. The highest BCUT2D eigenvalue weighted by molar-refractivity contribution is 5.74. The van der Waals surface area contributed by atoms with Crippen molar-refractivity contribution in [3.05, 3.63) is 0 Å². The van der Waals surface area contributed by atoms with Gasteiger partial charge in [0.1, 0.15) is 0 Å². The van der Waals surface area contributed by atoms with Gasteiger partial charge in [-0.05, 0) is 37.5 Å². The number of rotatable bonds is 6. The molecule has 1 aliphatic rings. The molecule has 1 fully saturated rings. The highest BCUT2D eigenvalue weighted by Gasteiger charge is 2.27. The van der Waals surface area contributed by atoms with Crippen LogP contribution in [0.25, 0.3) is 0 Å². The number of hydrogen-bond donors (Lipinski definition) is 2. The second kappa shape index (κ2) is 7.13. The molecule has 2 amide bonds. The second-order valence-electron chi connectivity index (χ2n) is 6.99. The summed E-state index contributed by atoms with van der Waals surface area (Å²) in [5, 5.41) is 12.1. The first-order chi connectivity index (χ1) is 8.83. The summed E-state index contributed by atoms with van der Waals surface area (Å²) in [5.74, 6) is 0.651. The van der Waals surface area contributed by atoms with Crippen molar-refractivity contribution in [2.45, 2.75) is 59.4 Å². The number of carbonyl (C=O) groups excluding carboxylic acids is 1. The minimum atomic E-state index is 0.0165. The molecule has 0 aliphatic heterocycles. The van der Waals surface area contributed by atoms with E-state index in [1.165, 1.54) is 19.3 Å². The molecule has 0 aromatic carbocycles. The average Bonchev–Trinajstić information content (AvgIpc) is 2.19. The zero-order valence-electron chi connectivity index (χ0n) is 12.9. The number of nitrogens with zero attached hydrogens (tertiary/aromatic N) is 1. The van der Waals surface area contributed by atoms with E-state index in [2.05, 4.69) is 33.0 Å². The topological polar surface area (TPSA) is 52.6 Å². The predicted octanol–water partition coefficient (Wildman–Crippen LogP) is 2.62. The fraction of sp³-hybridized carbons (Fsp3) is 0.933. The monoisotopic (exact) mass is 270 g/mol. The number of carbonyl (C=O) groups is 1. The molecule has 4 nitrogen and oxygen atoms in total. The maximum Gasteiger partial charge on any atom is 0.317 e. The lowest BCUT2D eigenvalue weighted by atomic mass is 9.80. The van der Waals surface area contributed by atoms with Crippen LogP contribution in [-0.4, -0.2) is 41.8 Å². The smallest absolute Gasteiger partial charge is 0.317 e. The van der Waals surface area contributed by atoms with Crippen LogP contribution in [0.3, 0.4) is 0 Å². The van der Waals surface area contributed by atoms with Crippen LogP contribution in [0.1, 0.15) is 53.4 Å². The number of aliphatic hydroxyl groups excluding tert-OH is 1. The Kier molecular flexibility index (Phi) is 6.11. The van der Waals surface area contributed by atoms with Gasteiger partial charge in [0.15, 0.2) is 0 Å². The van der Waals surface area contributed by atoms with Crippen molar-refractivity contribution >= 4 is 6.03 Å². The Bertz CT molecular complexity index is 282. The molecule has 0 aromatic heterocycles. The van der Waals surface area contributed by atoms with Gasteiger partial charge in [-0.15, -0.1) is 0 Å². The predicted molar refractivity (Wildman–Crippen MR) is 78.1 cm³/mol. The number of amides is 2. The summed E-state index contributed by atoms with van der Waals surface area (Å²) in [6.45, 7) is 9.95. The van der Waals surface area contributed by atoms with Crippen molar-refractivity contribution < 1.29 is 9.90 Å². The second-order valence-corrected chi connectivity index (χ2v) is 6.99. The van der Waals surface area contributed by atoms with Crippen molar-refractivity contribution in [2.24, 2.45) is 11.3 Å². The molecule has 1 saturated carbocycles. The lowest BCUT2D eigenvalue weighted by Crippen LogP contribution is -2.50. The standard InChI is InChI=1S/C15H30N2O2/c1-12(13-7-5-8-13)16-14(19)17(9-6-10-18)11-15(2,3)4/h12-13,18H,5-11H2,1-4H3,(H,16,19). The molecule has 0 saturated heterocycles. The lowest BCUT2D eigenvalue weighted by molar-refractivity contribution is 0.153. The normalized spacial score (nSPS) is 17.7. The molecule has 112 valence electrons. The summed E-state index contributed by atoms with van der Waals surface area (Å²) in [7, 11) is 0. The Morgan fingerprint density at radius 1 is 1.42 bits per heavy atom. The van der Waals surface area contributed by atoms with Crippen LogP contribution in [0.5, 0.6) is 0 Å². The molecule has 0 radical (unpaired) electrons. The van der Waals surface area contributed by atoms with Crippen molar-refractivity contribution in [3.63, 3.8) is 0 Å². The third kappa shape index (κ3) is 5.81. The maximum atomic E-state index is 12.3. The van der Waals surface area contributed by atoms with Gasteiger partial charge in [0, 0.05) is 25.7 Å². The fourth-order valence-corrected chi connectivity index (χ4v) is 2.43. The van der Waals surface area contributed by atoms with Gasteiger partial charge in [0.2, 0.25) is 0 Å². The molecule has 1 rings (SSSR count). The van der Waals surface area contributed by atoms with Gasteiger partial charge in [-0.25, -0.2) is 4.79 Å². The van der Waals surface area contributed by atoms with Crippen molar-refractivity contribution in [1.29, 1.82) is 0 Å². The van der Waals surface area contributed by atoms with E-state index in [9.17, 15) is 4.79 Å². The van der Waals surface area contributed by atoms with E-state index in [1.807, 2.05) is 4.90 Å². The third-order valence-corrected chi connectivity index (χ3v) is 3.75.